The average Bonchev–Trinajstić information content (AvgIpc) is 3.50. The Morgan fingerprint density at radius 3 is 2.61 bits per heavy atom. The Morgan fingerprint density at radius 1 is 1.17 bits per heavy atom. The van der Waals surface area contributed by atoms with E-state index in [0.717, 1.165) is 18.4 Å². The van der Waals surface area contributed by atoms with E-state index < -0.39 is 24.0 Å². The summed E-state index contributed by atoms with van der Waals surface area (Å²) in [7, 11) is 0. The molecule has 10 heteroatoms. The number of rotatable bonds is 6. The molecule has 0 radical (unpaired) electrons. The van der Waals surface area contributed by atoms with Gasteiger partial charge in [-0.1, -0.05) is 29.6 Å². The lowest BCUT2D eigenvalue weighted by Crippen LogP contribution is -2.52. The minimum absolute atomic E-state index is 0.0397. The SMILES string of the molecule is Cc1cc(COc2ccc(Cl)c3c2C(N2CCCC2=O)N(C(=O)C2CCCCC2C(=O)O)CC3)no1. The smallest absolute Gasteiger partial charge is 0.307 e. The second-order valence-electron chi connectivity index (χ2n) is 9.84. The second kappa shape index (κ2) is 10.1. The first-order chi connectivity index (χ1) is 17.3. The molecule has 2 amide bonds. The molecule has 192 valence electrons. The standard InChI is InChI=1S/C26H30ClN3O6/c1-15-13-16(28-36-15)14-35-21-9-8-20(27)19-10-12-30(24(23(19)21)29-11-4-7-22(29)31)25(32)17-5-2-3-6-18(17)26(33)34/h8-9,13,17-18,24H,2-7,10-12,14H2,1H3,(H,33,34). The van der Waals surface area contributed by atoms with Crippen LogP contribution in [0.1, 0.15) is 67.3 Å². The number of aryl methyl sites for hydroxylation is 1. The van der Waals surface area contributed by atoms with Crippen molar-refractivity contribution >= 4 is 29.4 Å². The van der Waals surface area contributed by atoms with E-state index >= 15 is 0 Å². The Morgan fingerprint density at radius 2 is 1.94 bits per heavy atom. The van der Waals surface area contributed by atoms with Crippen molar-refractivity contribution in [3.05, 3.63) is 45.8 Å². The molecule has 3 heterocycles. The van der Waals surface area contributed by atoms with Crippen LogP contribution >= 0.6 is 11.6 Å². The number of carboxylic acids is 1. The van der Waals surface area contributed by atoms with E-state index in [1.54, 1.807) is 34.9 Å². The molecular weight excluding hydrogens is 486 g/mol. The highest BCUT2D eigenvalue weighted by Crippen LogP contribution is 2.45. The van der Waals surface area contributed by atoms with Crippen LogP contribution in [0.3, 0.4) is 0 Å². The molecule has 3 atom stereocenters. The van der Waals surface area contributed by atoms with Crippen LogP contribution in [0.25, 0.3) is 0 Å². The van der Waals surface area contributed by atoms with Crippen molar-refractivity contribution in [3.8, 4) is 5.75 Å². The van der Waals surface area contributed by atoms with Gasteiger partial charge < -0.3 is 24.2 Å². The molecule has 1 saturated carbocycles. The van der Waals surface area contributed by atoms with Crippen LogP contribution in [-0.2, 0) is 27.4 Å². The van der Waals surface area contributed by atoms with Crippen LogP contribution in [0.4, 0.5) is 0 Å². The number of halogens is 1. The van der Waals surface area contributed by atoms with E-state index in [0.29, 0.717) is 73.0 Å². The van der Waals surface area contributed by atoms with Crippen molar-refractivity contribution in [2.75, 3.05) is 13.1 Å². The van der Waals surface area contributed by atoms with Crippen LogP contribution in [0.2, 0.25) is 5.02 Å². The maximum Gasteiger partial charge on any atom is 0.307 e. The summed E-state index contributed by atoms with van der Waals surface area (Å²) in [6.45, 7) is 2.82. The third kappa shape index (κ3) is 4.56. The van der Waals surface area contributed by atoms with Gasteiger partial charge >= 0.3 is 5.97 Å². The molecule has 1 aliphatic carbocycles. The van der Waals surface area contributed by atoms with Gasteiger partial charge in [0, 0.05) is 36.2 Å². The van der Waals surface area contributed by atoms with Crippen LogP contribution in [-0.4, -0.2) is 50.9 Å². The van der Waals surface area contributed by atoms with Gasteiger partial charge in [0.2, 0.25) is 11.8 Å². The summed E-state index contributed by atoms with van der Waals surface area (Å²) >= 11 is 6.62. The summed E-state index contributed by atoms with van der Waals surface area (Å²) < 4.78 is 11.3. The fraction of sp³-hybridized carbons (Fsp3) is 0.538. The molecule has 2 aromatic rings. The third-order valence-corrected chi connectivity index (χ3v) is 7.91. The molecule has 9 nitrogen and oxygen atoms in total. The number of amides is 2. The summed E-state index contributed by atoms with van der Waals surface area (Å²) in [5, 5.41) is 14.3. The number of fused-ring (bicyclic) bond motifs is 1. The molecule has 1 aromatic carbocycles. The number of carbonyl (C=O) groups is 3. The van der Waals surface area contributed by atoms with Gasteiger partial charge in [-0.2, -0.15) is 0 Å². The van der Waals surface area contributed by atoms with Crippen LogP contribution in [0, 0.1) is 18.8 Å². The van der Waals surface area contributed by atoms with Crippen molar-refractivity contribution in [3.63, 3.8) is 0 Å². The van der Waals surface area contributed by atoms with Crippen molar-refractivity contribution in [1.82, 2.24) is 15.0 Å². The van der Waals surface area contributed by atoms with Crippen molar-refractivity contribution in [2.45, 2.75) is 64.6 Å². The lowest BCUT2D eigenvalue weighted by molar-refractivity contribution is -0.157. The first kappa shape index (κ1) is 24.6. The highest BCUT2D eigenvalue weighted by Gasteiger charge is 2.45. The maximum absolute atomic E-state index is 14.0. The Hall–Kier alpha value is -3.07. The molecule has 1 saturated heterocycles. The Bertz CT molecular complexity index is 1180. The zero-order valence-electron chi connectivity index (χ0n) is 20.2. The normalized spacial score (nSPS) is 24.1. The molecule has 0 bridgehead atoms. The third-order valence-electron chi connectivity index (χ3n) is 7.56. The molecule has 2 aliphatic heterocycles. The van der Waals surface area contributed by atoms with Gasteiger partial charge in [0.15, 0.2) is 0 Å². The molecular formula is C26H30ClN3O6. The minimum Gasteiger partial charge on any atom is -0.487 e. The second-order valence-corrected chi connectivity index (χ2v) is 10.2. The molecule has 36 heavy (non-hydrogen) atoms. The highest BCUT2D eigenvalue weighted by molar-refractivity contribution is 6.31. The minimum atomic E-state index is -0.936. The fourth-order valence-corrected chi connectivity index (χ4v) is 6.10. The fourth-order valence-electron chi connectivity index (χ4n) is 5.85. The summed E-state index contributed by atoms with van der Waals surface area (Å²) in [4.78, 5) is 42.3. The number of carbonyl (C=O) groups excluding carboxylic acids is 2. The monoisotopic (exact) mass is 515 g/mol. The molecule has 1 N–H and O–H groups in total. The first-order valence-corrected chi connectivity index (χ1v) is 12.9. The topological polar surface area (TPSA) is 113 Å². The molecule has 5 rings (SSSR count). The Kier molecular flexibility index (Phi) is 6.92. The number of ether oxygens (including phenoxy) is 1. The number of nitrogens with zero attached hydrogens (tertiary/aromatic N) is 3. The average molecular weight is 516 g/mol. The lowest BCUT2D eigenvalue weighted by atomic mass is 9.78. The van der Waals surface area contributed by atoms with Crippen molar-refractivity contribution in [1.29, 1.82) is 0 Å². The Balaban J connectivity index is 1.54. The number of benzene rings is 1. The summed E-state index contributed by atoms with van der Waals surface area (Å²) in [6, 6.07) is 5.32. The molecule has 3 unspecified atom stereocenters. The van der Waals surface area contributed by atoms with E-state index in [9.17, 15) is 19.5 Å². The van der Waals surface area contributed by atoms with Gasteiger partial charge in [0.05, 0.1) is 11.8 Å². The number of hydrogen-bond acceptors (Lipinski definition) is 6. The zero-order valence-corrected chi connectivity index (χ0v) is 21.0. The number of aromatic nitrogens is 1. The lowest BCUT2D eigenvalue weighted by Gasteiger charge is -2.45. The van der Waals surface area contributed by atoms with Gasteiger partial charge in [-0.15, -0.1) is 0 Å². The van der Waals surface area contributed by atoms with Crippen molar-refractivity contribution in [2.24, 2.45) is 11.8 Å². The molecule has 2 fully saturated rings. The van der Waals surface area contributed by atoms with E-state index in [1.165, 1.54) is 0 Å². The Labute approximate surface area is 214 Å². The zero-order chi connectivity index (χ0) is 25.4. The van der Waals surface area contributed by atoms with E-state index in [1.807, 2.05) is 0 Å². The predicted molar refractivity (Wildman–Crippen MR) is 129 cm³/mol. The van der Waals surface area contributed by atoms with Crippen LogP contribution in [0.5, 0.6) is 5.75 Å². The van der Waals surface area contributed by atoms with Crippen LogP contribution < -0.4 is 4.74 Å². The van der Waals surface area contributed by atoms with E-state index in [-0.39, 0.29) is 18.4 Å². The summed E-state index contributed by atoms with van der Waals surface area (Å²) in [6.07, 6.45) is 3.53. The molecule has 0 spiro atoms. The largest absolute Gasteiger partial charge is 0.487 e. The highest BCUT2D eigenvalue weighted by atomic mass is 35.5. The number of aliphatic carboxylic acids is 1. The van der Waals surface area contributed by atoms with Gasteiger partial charge in [-0.3, -0.25) is 14.4 Å². The van der Waals surface area contributed by atoms with Crippen LogP contribution in [0.15, 0.2) is 22.7 Å². The predicted octanol–water partition coefficient (Wildman–Crippen LogP) is 4.11. The van der Waals surface area contributed by atoms with E-state index in [4.69, 9.17) is 20.9 Å². The summed E-state index contributed by atoms with van der Waals surface area (Å²) in [5.74, 6) is -1.32. The number of hydrogen-bond donors (Lipinski definition) is 1. The quantitative estimate of drug-likeness (QED) is 0.615. The molecule has 3 aliphatic rings. The maximum atomic E-state index is 14.0. The van der Waals surface area contributed by atoms with Gasteiger partial charge in [-0.25, -0.2) is 0 Å². The first-order valence-electron chi connectivity index (χ1n) is 12.5. The van der Waals surface area contributed by atoms with E-state index in [2.05, 4.69) is 5.16 Å². The van der Waals surface area contributed by atoms with Gasteiger partial charge in [-0.05, 0) is 50.3 Å². The number of carboxylic acid groups (broad SMARTS) is 1. The van der Waals surface area contributed by atoms with Crippen molar-refractivity contribution < 1.29 is 28.8 Å². The number of likely N-dealkylation sites (tertiary alicyclic amines) is 1. The molecule has 1 aromatic heterocycles. The summed E-state index contributed by atoms with van der Waals surface area (Å²) in [5.41, 5.74) is 2.16. The van der Waals surface area contributed by atoms with Gasteiger partial charge in [0.1, 0.15) is 30.0 Å². The van der Waals surface area contributed by atoms with Gasteiger partial charge in [0.25, 0.3) is 0 Å².